The van der Waals surface area contributed by atoms with Crippen molar-refractivity contribution in [3.63, 3.8) is 0 Å². The maximum absolute atomic E-state index is 11.2. The third-order valence-electron chi connectivity index (χ3n) is 7.68. The molecule has 205 valence electrons. The van der Waals surface area contributed by atoms with Crippen LogP contribution in [0.15, 0.2) is 36.5 Å². The smallest absolute Gasteiger partial charge is 0.329 e. The lowest BCUT2D eigenvalue weighted by Crippen LogP contribution is -2.46. The molecule has 0 spiro atoms. The van der Waals surface area contributed by atoms with Gasteiger partial charge < -0.3 is 29.5 Å². The van der Waals surface area contributed by atoms with Gasteiger partial charge in [-0.25, -0.2) is 9.97 Å². The Morgan fingerprint density at radius 2 is 2.00 bits per heavy atom. The molecule has 40 heavy (non-hydrogen) atoms. The zero-order valence-corrected chi connectivity index (χ0v) is 24.0. The van der Waals surface area contributed by atoms with E-state index in [1.54, 1.807) is 13.3 Å². The Morgan fingerprint density at radius 1 is 1.23 bits per heavy atom. The van der Waals surface area contributed by atoms with Gasteiger partial charge in [0.15, 0.2) is 0 Å². The van der Waals surface area contributed by atoms with Gasteiger partial charge in [-0.15, -0.1) is 0 Å². The molecule has 1 aromatic heterocycles. The van der Waals surface area contributed by atoms with E-state index in [9.17, 15) is 10.1 Å². The molecule has 0 saturated carbocycles. The minimum Gasteiger partial charge on any atom is -0.494 e. The van der Waals surface area contributed by atoms with Gasteiger partial charge in [0.1, 0.15) is 18.0 Å². The summed E-state index contributed by atoms with van der Waals surface area (Å²) in [7, 11) is 3.11. The molecule has 0 bridgehead atoms. The molecule has 1 saturated heterocycles. The fourth-order valence-electron chi connectivity index (χ4n) is 5.54. The number of rotatable bonds is 8. The van der Waals surface area contributed by atoms with Gasteiger partial charge in [0.2, 0.25) is 5.95 Å². The van der Waals surface area contributed by atoms with Crippen LogP contribution in [0.5, 0.6) is 5.75 Å². The fraction of sp³-hybridized carbons (Fsp3) is 0.379. The topological polar surface area (TPSA) is 97.6 Å². The minimum absolute atomic E-state index is 0.250. The van der Waals surface area contributed by atoms with Crippen LogP contribution in [0, 0.1) is 11.3 Å². The molecule has 1 radical (unpaired) electrons. The van der Waals surface area contributed by atoms with Crippen LogP contribution in [0.2, 0.25) is 5.02 Å². The number of carbonyl (C=O) groups is 1. The second-order valence-corrected chi connectivity index (χ2v) is 11.1. The molecular weight excluding hydrogens is 525 g/mol. The van der Waals surface area contributed by atoms with Crippen LogP contribution in [0.3, 0.4) is 0 Å². The largest absolute Gasteiger partial charge is 0.494 e. The lowest BCUT2D eigenvalue weighted by molar-refractivity contribution is 0.271. The molecule has 1 N–H and O–H groups in total. The molecule has 3 aromatic rings. The Labute approximate surface area is 241 Å². The SMILES string of the molecule is CCN1CCN(c2cc(OC)c(Nc3nccc(-c4cc(C#N)c5c(c4)C(C)(C)CN5[B]C=O)n3)cc2Cl)CC1. The van der Waals surface area contributed by atoms with Crippen molar-refractivity contribution in [3.8, 4) is 23.1 Å². The highest BCUT2D eigenvalue weighted by molar-refractivity contribution is 6.70. The molecule has 9 nitrogen and oxygen atoms in total. The molecule has 0 amide bonds. The van der Waals surface area contributed by atoms with Crippen molar-refractivity contribution in [1.29, 1.82) is 5.26 Å². The standard InChI is InChI=1S/C29H32BClN7O2/c1-5-36-8-10-37(11-9-36)25-15-26(40-4)24(14-22(25)31)35-28-33-7-6-23(34-28)19-12-20(16-32)27-21(13-19)29(2,3)17-38(27)30-18-39/h6-7,12-15,18H,5,8-11,17H2,1-4H3,(H,33,34,35). The van der Waals surface area contributed by atoms with E-state index in [0.717, 1.165) is 61.4 Å². The molecule has 5 rings (SSSR count). The molecule has 0 aliphatic carbocycles. The summed E-state index contributed by atoms with van der Waals surface area (Å²) in [5.74, 6) is 1.02. The van der Waals surface area contributed by atoms with Crippen LogP contribution in [0.25, 0.3) is 11.3 Å². The minimum atomic E-state index is -0.250. The lowest BCUT2D eigenvalue weighted by Gasteiger charge is -2.36. The number of halogens is 1. The normalized spacial score (nSPS) is 16.3. The molecule has 2 aliphatic rings. The van der Waals surface area contributed by atoms with Crippen LogP contribution >= 0.6 is 11.6 Å². The number of hydrogen-bond donors (Lipinski definition) is 1. The van der Waals surface area contributed by atoms with E-state index in [1.165, 1.54) is 7.41 Å². The first kappa shape index (κ1) is 27.8. The maximum Gasteiger partial charge on any atom is 0.329 e. The lowest BCUT2D eigenvalue weighted by atomic mass is 9.84. The number of fused-ring (bicyclic) bond motifs is 1. The monoisotopic (exact) mass is 556 g/mol. The van der Waals surface area contributed by atoms with Crippen molar-refractivity contribution in [2.75, 3.05) is 61.4 Å². The van der Waals surface area contributed by atoms with E-state index < -0.39 is 0 Å². The van der Waals surface area contributed by atoms with Crippen molar-refractivity contribution in [1.82, 2.24) is 14.9 Å². The van der Waals surface area contributed by atoms with E-state index in [-0.39, 0.29) is 5.41 Å². The van der Waals surface area contributed by atoms with E-state index in [1.807, 2.05) is 35.1 Å². The van der Waals surface area contributed by atoms with Gasteiger partial charge in [-0.2, -0.15) is 5.26 Å². The summed E-state index contributed by atoms with van der Waals surface area (Å²) >= 11 is 6.75. The Bertz CT molecular complexity index is 1470. The van der Waals surface area contributed by atoms with Crippen LogP contribution in [-0.4, -0.2) is 74.8 Å². The van der Waals surface area contributed by atoms with E-state index in [4.69, 9.17) is 21.3 Å². The summed E-state index contributed by atoms with van der Waals surface area (Å²) in [5.41, 5.74) is 5.08. The van der Waals surface area contributed by atoms with Crippen molar-refractivity contribution < 1.29 is 9.53 Å². The second-order valence-electron chi connectivity index (χ2n) is 10.6. The zero-order valence-electron chi connectivity index (χ0n) is 23.2. The Morgan fingerprint density at radius 3 is 2.67 bits per heavy atom. The average Bonchev–Trinajstić information content (AvgIpc) is 3.22. The number of nitrogens with zero attached hydrogens (tertiary/aromatic N) is 6. The van der Waals surface area contributed by atoms with Crippen LogP contribution < -0.4 is 19.8 Å². The molecule has 3 heterocycles. The van der Waals surface area contributed by atoms with E-state index >= 15 is 0 Å². The van der Waals surface area contributed by atoms with Crippen molar-refractivity contribution in [2.24, 2.45) is 0 Å². The number of nitrogens with one attached hydrogen (secondary N) is 1. The average molecular weight is 557 g/mol. The number of likely N-dealkylation sites (N-methyl/N-ethyl adjacent to an activating group) is 1. The van der Waals surface area contributed by atoms with Gasteiger partial charge in [-0.1, -0.05) is 32.4 Å². The first-order valence-corrected chi connectivity index (χ1v) is 13.7. The number of nitriles is 1. The van der Waals surface area contributed by atoms with Crippen LogP contribution in [0.1, 0.15) is 31.9 Å². The van der Waals surface area contributed by atoms with Crippen LogP contribution in [0.4, 0.5) is 23.0 Å². The fourth-order valence-corrected chi connectivity index (χ4v) is 5.82. The number of methoxy groups -OCH3 is 1. The number of anilines is 4. The summed E-state index contributed by atoms with van der Waals surface area (Å²) in [6.45, 7) is 11.8. The summed E-state index contributed by atoms with van der Waals surface area (Å²) in [6.07, 6.45) is 2.43. The highest BCUT2D eigenvalue weighted by Crippen LogP contribution is 2.44. The summed E-state index contributed by atoms with van der Waals surface area (Å²) in [5, 5.41) is 13.8. The van der Waals surface area contributed by atoms with Crippen molar-refractivity contribution >= 4 is 48.2 Å². The van der Waals surface area contributed by atoms with Gasteiger partial charge in [-0.05, 0) is 36.4 Å². The maximum atomic E-state index is 11.2. The Balaban J connectivity index is 1.44. The predicted molar refractivity (Wildman–Crippen MR) is 161 cm³/mol. The van der Waals surface area contributed by atoms with Gasteiger partial charge >= 0.3 is 7.41 Å². The predicted octanol–water partition coefficient (Wildman–Crippen LogP) is 4.47. The summed E-state index contributed by atoms with van der Waals surface area (Å²) in [6, 6.07) is 11.8. The quantitative estimate of drug-likeness (QED) is 0.318. The molecule has 11 heteroatoms. The highest BCUT2D eigenvalue weighted by Gasteiger charge is 2.37. The Hall–Kier alpha value is -3.81. The van der Waals surface area contributed by atoms with Gasteiger partial charge in [0.05, 0.1) is 34.8 Å². The number of benzene rings is 2. The molecule has 0 unspecified atom stereocenters. The van der Waals surface area contributed by atoms with Crippen LogP contribution in [-0.2, 0) is 10.2 Å². The molecule has 2 aromatic carbocycles. The first-order valence-electron chi connectivity index (χ1n) is 13.4. The zero-order chi connectivity index (χ0) is 28.4. The van der Waals surface area contributed by atoms with Gasteiger partial charge in [-0.3, -0.25) is 0 Å². The van der Waals surface area contributed by atoms with E-state index in [0.29, 0.717) is 40.2 Å². The van der Waals surface area contributed by atoms with Crippen molar-refractivity contribution in [3.05, 3.63) is 52.7 Å². The Kier molecular flexibility index (Phi) is 7.88. The highest BCUT2D eigenvalue weighted by atomic mass is 35.5. The van der Waals surface area contributed by atoms with Gasteiger partial charge in [0.25, 0.3) is 0 Å². The molecule has 2 aliphatic heterocycles. The number of hydrogen-bond acceptors (Lipinski definition) is 9. The van der Waals surface area contributed by atoms with Crippen molar-refractivity contribution in [2.45, 2.75) is 26.2 Å². The summed E-state index contributed by atoms with van der Waals surface area (Å²) in [4.78, 5) is 26.9. The first-order chi connectivity index (χ1) is 19.3. The third-order valence-corrected chi connectivity index (χ3v) is 7.98. The number of ether oxygens (including phenoxy) is 1. The molecule has 1 fully saturated rings. The second kappa shape index (κ2) is 11.4. The third kappa shape index (κ3) is 5.32. The molecular formula is C29H32BClN7O2. The van der Waals surface area contributed by atoms with Gasteiger partial charge in [0, 0.05) is 61.7 Å². The molecule has 0 atom stereocenters. The number of carbonyl (C=O) groups excluding carboxylic acids is 1. The summed E-state index contributed by atoms with van der Waals surface area (Å²) < 4.78 is 5.71. The number of piperazine rings is 1. The van der Waals surface area contributed by atoms with E-state index in [2.05, 4.69) is 46.9 Å². The number of aromatic nitrogens is 2.